The molecule has 162 valence electrons. The maximum absolute atomic E-state index is 12.7. The lowest BCUT2D eigenvalue weighted by atomic mass is 10.1. The molecular formula is C22H29N3O4S. The molecule has 0 aromatic heterocycles. The van der Waals surface area contributed by atoms with Crippen LogP contribution in [0.2, 0.25) is 0 Å². The van der Waals surface area contributed by atoms with E-state index in [4.69, 9.17) is 0 Å². The van der Waals surface area contributed by atoms with Crippen LogP contribution in [-0.4, -0.2) is 32.3 Å². The minimum absolute atomic E-state index is 0.0778. The number of hydrogen-bond donors (Lipinski definition) is 3. The van der Waals surface area contributed by atoms with E-state index in [9.17, 15) is 18.0 Å². The summed E-state index contributed by atoms with van der Waals surface area (Å²) >= 11 is 0. The van der Waals surface area contributed by atoms with Crippen molar-refractivity contribution in [1.82, 2.24) is 15.4 Å². The van der Waals surface area contributed by atoms with E-state index < -0.39 is 15.6 Å². The molecule has 0 fully saturated rings. The normalized spacial score (nSPS) is 11.7. The number of nitrogens with one attached hydrogen (secondary N) is 3. The van der Waals surface area contributed by atoms with Crippen LogP contribution in [0.1, 0.15) is 49.2 Å². The van der Waals surface area contributed by atoms with Gasteiger partial charge in [0.1, 0.15) is 0 Å². The van der Waals surface area contributed by atoms with Crippen LogP contribution in [0.4, 0.5) is 0 Å². The lowest BCUT2D eigenvalue weighted by molar-refractivity contribution is -0.118. The Morgan fingerprint density at radius 1 is 0.933 bits per heavy atom. The number of carbonyl (C=O) groups excluding carboxylic acids is 2. The largest absolute Gasteiger partial charge is 0.356 e. The van der Waals surface area contributed by atoms with Gasteiger partial charge in [0, 0.05) is 31.1 Å². The molecule has 8 heteroatoms. The highest BCUT2D eigenvalue weighted by Crippen LogP contribution is 2.18. The third-order valence-electron chi connectivity index (χ3n) is 4.15. The van der Waals surface area contributed by atoms with Crippen molar-refractivity contribution in [3.05, 3.63) is 65.2 Å². The number of carbonyl (C=O) groups is 2. The molecule has 0 aliphatic carbocycles. The molecule has 30 heavy (non-hydrogen) atoms. The van der Waals surface area contributed by atoms with Crippen molar-refractivity contribution in [2.24, 2.45) is 0 Å². The zero-order valence-electron chi connectivity index (χ0n) is 17.8. The number of amides is 2. The average molecular weight is 432 g/mol. The van der Waals surface area contributed by atoms with E-state index in [-0.39, 0.29) is 23.3 Å². The lowest BCUT2D eigenvalue weighted by Gasteiger charge is -2.21. The standard InChI is InChI=1S/C22H29N3O4S/c1-16(26)23-14-13-17-9-11-18(12-10-17)21(27)24-15-19-7-5-6-8-20(19)30(28,29)25-22(2,3)4/h5-12,25H,13-15H2,1-4H3,(H,23,26)(H,24,27). The maximum Gasteiger partial charge on any atom is 0.251 e. The minimum atomic E-state index is -3.71. The molecule has 0 spiro atoms. The van der Waals surface area contributed by atoms with E-state index in [1.54, 1.807) is 51.1 Å². The Balaban J connectivity index is 2.04. The van der Waals surface area contributed by atoms with Gasteiger partial charge in [-0.05, 0) is 56.5 Å². The van der Waals surface area contributed by atoms with Crippen LogP contribution in [0, 0.1) is 0 Å². The van der Waals surface area contributed by atoms with Crippen LogP contribution >= 0.6 is 0 Å². The van der Waals surface area contributed by atoms with Gasteiger partial charge in [-0.15, -0.1) is 0 Å². The molecule has 0 bridgehead atoms. The van der Waals surface area contributed by atoms with Gasteiger partial charge in [-0.2, -0.15) is 0 Å². The lowest BCUT2D eigenvalue weighted by Crippen LogP contribution is -2.41. The summed E-state index contributed by atoms with van der Waals surface area (Å²) in [6, 6.07) is 13.7. The van der Waals surface area contributed by atoms with Gasteiger partial charge in [0.2, 0.25) is 15.9 Å². The van der Waals surface area contributed by atoms with Gasteiger partial charge in [0.25, 0.3) is 5.91 Å². The topological polar surface area (TPSA) is 104 Å². The first-order chi connectivity index (χ1) is 14.0. The van der Waals surface area contributed by atoms with E-state index >= 15 is 0 Å². The molecule has 0 atom stereocenters. The molecule has 0 unspecified atom stereocenters. The Kier molecular flexibility index (Phi) is 7.75. The van der Waals surface area contributed by atoms with E-state index in [0.29, 0.717) is 24.1 Å². The van der Waals surface area contributed by atoms with Crippen molar-refractivity contribution in [3.63, 3.8) is 0 Å². The van der Waals surface area contributed by atoms with Crippen molar-refractivity contribution in [3.8, 4) is 0 Å². The summed E-state index contributed by atoms with van der Waals surface area (Å²) in [6.45, 7) is 7.41. The van der Waals surface area contributed by atoms with E-state index in [1.807, 2.05) is 12.1 Å². The second kappa shape index (κ2) is 9.86. The minimum Gasteiger partial charge on any atom is -0.356 e. The smallest absolute Gasteiger partial charge is 0.251 e. The van der Waals surface area contributed by atoms with E-state index in [0.717, 1.165) is 5.56 Å². The molecule has 7 nitrogen and oxygen atoms in total. The van der Waals surface area contributed by atoms with Crippen LogP contribution < -0.4 is 15.4 Å². The quantitative estimate of drug-likeness (QED) is 0.597. The molecule has 0 heterocycles. The van der Waals surface area contributed by atoms with Crippen LogP contribution in [-0.2, 0) is 27.8 Å². The summed E-state index contributed by atoms with van der Waals surface area (Å²) in [5, 5.41) is 5.51. The van der Waals surface area contributed by atoms with Crippen molar-refractivity contribution < 1.29 is 18.0 Å². The molecule has 2 rings (SSSR count). The Morgan fingerprint density at radius 2 is 1.57 bits per heavy atom. The predicted molar refractivity (Wildman–Crippen MR) is 117 cm³/mol. The summed E-state index contributed by atoms with van der Waals surface area (Å²) in [4.78, 5) is 23.6. The zero-order chi connectivity index (χ0) is 22.4. The number of benzene rings is 2. The average Bonchev–Trinajstić information content (AvgIpc) is 2.64. The summed E-state index contributed by atoms with van der Waals surface area (Å²) in [5.41, 5.74) is 1.38. The first-order valence-corrected chi connectivity index (χ1v) is 11.2. The Bertz CT molecular complexity index is 994. The van der Waals surface area contributed by atoms with Gasteiger partial charge in [0.05, 0.1) is 4.90 Å². The fraction of sp³-hybridized carbons (Fsp3) is 0.364. The summed E-state index contributed by atoms with van der Waals surface area (Å²) in [7, 11) is -3.71. The first kappa shape index (κ1) is 23.6. The van der Waals surface area contributed by atoms with Gasteiger partial charge in [-0.25, -0.2) is 13.1 Å². The highest BCUT2D eigenvalue weighted by atomic mass is 32.2. The first-order valence-electron chi connectivity index (χ1n) is 9.71. The van der Waals surface area contributed by atoms with Gasteiger partial charge in [-0.3, -0.25) is 9.59 Å². The van der Waals surface area contributed by atoms with E-state index in [1.165, 1.54) is 13.0 Å². The molecule has 0 saturated heterocycles. The van der Waals surface area contributed by atoms with Crippen molar-refractivity contribution >= 4 is 21.8 Å². The number of rotatable bonds is 8. The molecule has 2 aromatic rings. The van der Waals surface area contributed by atoms with Crippen LogP contribution in [0.5, 0.6) is 0 Å². The molecule has 0 aliphatic rings. The maximum atomic E-state index is 12.7. The molecule has 2 aromatic carbocycles. The van der Waals surface area contributed by atoms with Gasteiger partial charge in [0.15, 0.2) is 0 Å². The van der Waals surface area contributed by atoms with Crippen molar-refractivity contribution in [2.75, 3.05) is 6.54 Å². The summed E-state index contributed by atoms with van der Waals surface area (Å²) in [5.74, 6) is -0.370. The van der Waals surface area contributed by atoms with Crippen LogP contribution in [0.15, 0.2) is 53.4 Å². The molecular weight excluding hydrogens is 402 g/mol. The van der Waals surface area contributed by atoms with Crippen LogP contribution in [0.25, 0.3) is 0 Å². The van der Waals surface area contributed by atoms with Gasteiger partial charge < -0.3 is 10.6 Å². The molecule has 0 radical (unpaired) electrons. The fourth-order valence-corrected chi connectivity index (χ4v) is 4.51. The molecule has 3 N–H and O–H groups in total. The highest BCUT2D eigenvalue weighted by molar-refractivity contribution is 7.89. The number of hydrogen-bond acceptors (Lipinski definition) is 4. The number of sulfonamides is 1. The second-order valence-electron chi connectivity index (χ2n) is 8.08. The predicted octanol–water partition coefficient (Wildman–Crippen LogP) is 2.37. The van der Waals surface area contributed by atoms with Gasteiger partial charge >= 0.3 is 0 Å². The monoisotopic (exact) mass is 431 g/mol. The SMILES string of the molecule is CC(=O)NCCc1ccc(C(=O)NCc2ccccc2S(=O)(=O)NC(C)(C)C)cc1. The Labute approximate surface area is 178 Å². The molecule has 2 amide bonds. The third kappa shape index (κ3) is 7.27. The molecule has 0 saturated carbocycles. The Hall–Kier alpha value is -2.71. The van der Waals surface area contributed by atoms with Crippen molar-refractivity contribution in [1.29, 1.82) is 0 Å². The Morgan fingerprint density at radius 3 is 2.17 bits per heavy atom. The highest BCUT2D eigenvalue weighted by Gasteiger charge is 2.24. The molecule has 0 aliphatic heterocycles. The fourth-order valence-electron chi connectivity index (χ4n) is 2.85. The second-order valence-corrected chi connectivity index (χ2v) is 9.73. The van der Waals surface area contributed by atoms with E-state index in [2.05, 4.69) is 15.4 Å². The summed E-state index contributed by atoms with van der Waals surface area (Å²) in [6.07, 6.45) is 0.674. The summed E-state index contributed by atoms with van der Waals surface area (Å²) < 4.78 is 28.0. The zero-order valence-corrected chi connectivity index (χ0v) is 18.6. The third-order valence-corrected chi connectivity index (χ3v) is 6.00. The van der Waals surface area contributed by atoms with Gasteiger partial charge in [-0.1, -0.05) is 30.3 Å². The van der Waals surface area contributed by atoms with Crippen LogP contribution in [0.3, 0.4) is 0 Å². The van der Waals surface area contributed by atoms with Crippen molar-refractivity contribution in [2.45, 2.75) is 51.1 Å².